The lowest BCUT2D eigenvalue weighted by molar-refractivity contribution is 0.415. The maximum absolute atomic E-state index is 13.7. The standard InChI is InChI=1S/C27H36N2O3S/c1-4-5-6-7-8-9-10-11-15-22-16-12-13-18-26(22)33(30,31)29(2)25-21-24(32-3)20-23-17-14-19-28-27(23)25/h12-14,16-21H,4-11,15H2,1-3H3. The molecule has 0 spiro atoms. The van der Waals surface area contributed by atoms with Gasteiger partial charge in [-0.1, -0.05) is 76.1 Å². The molecule has 0 N–H and O–H groups in total. The lowest BCUT2D eigenvalue weighted by atomic mass is 10.0. The number of hydrogen-bond donors (Lipinski definition) is 0. The van der Waals surface area contributed by atoms with E-state index in [0.29, 0.717) is 21.8 Å². The molecule has 0 aliphatic heterocycles. The van der Waals surface area contributed by atoms with Crippen molar-refractivity contribution in [1.29, 1.82) is 0 Å². The van der Waals surface area contributed by atoms with Gasteiger partial charge in [0, 0.05) is 24.7 Å². The second kappa shape index (κ2) is 12.0. The molecule has 0 saturated heterocycles. The number of aromatic nitrogens is 1. The molecular formula is C27H36N2O3S. The van der Waals surface area contributed by atoms with E-state index in [1.165, 1.54) is 42.8 Å². The minimum absolute atomic E-state index is 0.363. The summed E-state index contributed by atoms with van der Waals surface area (Å²) in [6, 6.07) is 14.7. The average molecular weight is 469 g/mol. The Morgan fingerprint density at radius 3 is 2.33 bits per heavy atom. The number of nitrogens with zero attached hydrogens (tertiary/aromatic N) is 2. The van der Waals surface area contributed by atoms with E-state index in [-0.39, 0.29) is 0 Å². The monoisotopic (exact) mass is 468 g/mol. The fourth-order valence-electron chi connectivity index (χ4n) is 4.19. The lowest BCUT2D eigenvalue weighted by Gasteiger charge is -2.23. The minimum atomic E-state index is -3.76. The van der Waals surface area contributed by atoms with Gasteiger partial charge in [-0.3, -0.25) is 9.29 Å². The topological polar surface area (TPSA) is 59.5 Å². The highest BCUT2D eigenvalue weighted by atomic mass is 32.2. The van der Waals surface area contributed by atoms with Gasteiger partial charge in [0.15, 0.2) is 0 Å². The van der Waals surface area contributed by atoms with Crippen LogP contribution >= 0.6 is 0 Å². The van der Waals surface area contributed by atoms with E-state index in [9.17, 15) is 8.42 Å². The van der Waals surface area contributed by atoms with Crippen LogP contribution in [0.1, 0.15) is 63.9 Å². The molecule has 6 heteroatoms. The van der Waals surface area contributed by atoms with Crippen LogP contribution in [0.3, 0.4) is 0 Å². The molecule has 3 rings (SSSR count). The smallest absolute Gasteiger partial charge is 0.264 e. The molecule has 1 aromatic heterocycles. The molecule has 178 valence electrons. The molecular weight excluding hydrogens is 432 g/mol. The Kier molecular flexibility index (Phi) is 9.12. The number of sulfonamides is 1. The SMILES string of the molecule is CCCCCCCCCCc1ccccc1S(=O)(=O)N(C)c1cc(OC)cc2cccnc12. The number of anilines is 1. The van der Waals surface area contributed by atoms with Gasteiger partial charge in [-0.2, -0.15) is 0 Å². The number of methoxy groups -OCH3 is 1. The van der Waals surface area contributed by atoms with Gasteiger partial charge in [-0.25, -0.2) is 8.42 Å². The molecule has 0 unspecified atom stereocenters. The van der Waals surface area contributed by atoms with Crippen LogP contribution in [0.4, 0.5) is 5.69 Å². The minimum Gasteiger partial charge on any atom is -0.497 e. The van der Waals surface area contributed by atoms with Crippen LogP contribution < -0.4 is 9.04 Å². The molecule has 0 atom stereocenters. The van der Waals surface area contributed by atoms with E-state index in [1.54, 1.807) is 38.6 Å². The molecule has 0 amide bonds. The third-order valence-electron chi connectivity index (χ3n) is 6.14. The van der Waals surface area contributed by atoms with Gasteiger partial charge in [0.25, 0.3) is 10.0 Å². The third-order valence-corrected chi connectivity index (χ3v) is 8.02. The van der Waals surface area contributed by atoms with Crippen molar-refractivity contribution in [2.45, 2.75) is 69.6 Å². The molecule has 1 heterocycles. The Balaban J connectivity index is 1.78. The van der Waals surface area contributed by atoms with Crippen LogP contribution in [0, 0.1) is 0 Å². The van der Waals surface area contributed by atoms with E-state index < -0.39 is 10.0 Å². The molecule has 0 aliphatic carbocycles. The number of pyridine rings is 1. The maximum Gasteiger partial charge on any atom is 0.264 e. The number of unbranched alkanes of at least 4 members (excludes halogenated alkanes) is 7. The second-order valence-electron chi connectivity index (χ2n) is 8.53. The Morgan fingerprint density at radius 1 is 0.909 bits per heavy atom. The van der Waals surface area contributed by atoms with Crippen LogP contribution in [0.25, 0.3) is 10.9 Å². The van der Waals surface area contributed by atoms with Gasteiger partial charge in [0.1, 0.15) is 5.75 Å². The summed E-state index contributed by atoms with van der Waals surface area (Å²) in [6.45, 7) is 2.23. The number of aryl methyl sites for hydroxylation is 1. The summed E-state index contributed by atoms with van der Waals surface area (Å²) in [5, 5.41) is 0.834. The number of benzene rings is 2. The highest BCUT2D eigenvalue weighted by molar-refractivity contribution is 7.92. The lowest BCUT2D eigenvalue weighted by Crippen LogP contribution is -2.28. The summed E-state index contributed by atoms with van der Waals surface area (Å²) < 4.78 is 34.1. The first-order valence-corrected chi connectivity index (χ1v) is 13.4. The third kappa shape index (κ3) is 6.26. The predicted octanol–water partition coefficient (Wildman–Crippen LogP) is 6.75. The summed E-state index contributed by atoms with van der Waals surface area (Å²) in [5.74, 6) is 0.597. The molecule has 0 saturated carbocycles. The van der Waals surface area contributed by atoms with Crippen molar-refractivity contribution in [2.75, 3.05) is 18.5 Å². The van der Waals surface area contributed by atoms with Crippen molar-refractivity contribution in [3.8, 4) is 5.75 Å². The van der Waals surface area contributed by atoms with Crippen molar-refractivity contribution >= 4 is 26.6 Å². The first-order valence-electron chi connectivity index (χ1n) is 12.0. The maximum atomic E-state index is 13.7. The van der Waals surface area contributed by atoms with Crippen LogP contribution in [0.15, 0.2) is 59.6 Å². The van der Waals surface area contributed by atoms with Crippen LogP contribution in [0.2, 0.25) is 0 Å². The van der Waals surface area contributed by atoms with Crippen LogP contribution in [-0.2, 0) is 16.4 Å². The summed E-state index contributed by atoms with van der Waals surface area (Å²) in [6.07, 6.45) is 12.2. The summed E-state index contributed by atoms with van der Waals surface area (Å²) in [5.41, 5.74) is 2.01. The Morgan fingerprint density at radius 2 is 1.61 bits per heavy atom. The molecule has 0 fully saturated rings. The first kappa shape index (κ1) is 25.0. The number of fused-ring (bicyclic) bond motifs is 1. The second-order valence-corrected chi connectivity index (χ2v) is 10.5. The van der Waals surface area contributed by atoms with Crippen molar-refractivity contribution in [2.24, 2.45) is 0 Å². The number of hydrogen-bond acceptors (Lipinski definition) is 4. The van der Waals surface area contributed by atoms with Crippen molar-refractivity contribution in [3.05, 3.63) is 60.3 Å². The Labute approximate surface area is 198 Å². The number of rotatable bonds is 13. The molecule has 0 aliphatic rings. The largest absolute Gasteiger partial charge is 0.497 e. The van der Waals surface area contributed by atoms with Crippen molar-refractivity contribution < 1.29 is 13.2 Å². The molecule has 3 aromatic rings. The highest BCUT2D eigenvalue weighted by Crippen LogP contribution is 2.33. The summed E-state index contributed by atoms with van der Waals surface area (Å²) in [7, 11) is -0.592. The van der Waals surface area contributed by atoms with E-state index >= 15 is 0 Å². The van der Waals surface area contributed by atoms with Crippen LogP contribution in [-0.4, -0.2) is 27.6 Å². The predicted molar refractivity (Wildman–Crippen MR) is 137 cm³/mol. The number of ether oxygens (including phenoxy) is 1. The highest BCUT2D eigenvalue weighted by Gasteiger charge is 2.26. The van der Waals surface area contributed by atoms with Crippen LogP contribution in [0.5, 0.6) is 5.75 Å². The Bertz CT molecular complexity index is 1150. The fraction of sp³-hybridized carbons (Fsp3) is 0.444. The quantitative estimate of drug-likeness (QED) is 0.260. The average Bonchev–Trinajstić information content (AvgIpc) is 2.84. The summed E-state index contributed by atoms with van der Waals surface area (Å²) in [4.78, 5) is 4.81. The van der Waals surface area contributed by atoms with Gasteiger partial charge in [-0.15, -0.1) is 0 Å². The van der Waals surface area contributed by atoms with Gasteiger partial charge in [0.2, 0.25) is 0 Å². The zero-order valence-electron chi connectivity index (χ0n) is 20.1. The fourth-order valence-corrected chi connectivity index (χ4v) is 5.64. The van der Waals surface area contributed by atoms with E-state index in [1.807, 2.05) is 30.3 Å². The van der Waals surface area contributed by atoms with E-state index in [4.69, 9.17) is 4.74 Å². The Hall–Kier alpha value is -2.60. The molecule has 2 aromatic carbocycles. The van der Waals surface area contributed by atoms with E-state index in [0.717, 1.165) is 30.2 Å². The molecule has 0 radical (unpaired) electrons. The summed E-state index contributed by atoms with van der Waals surface area (Å²) >= 11 is 0. The van der Waals surface area contributed by atoms with Gasteiger partial charge in [0.05, 0.1) is 23.2 Å². The normalized spacial score (nSPS) is 11.6. The van der Waals surface area contributed by atoms with Crippen molar-refractivity contribution in [3.63, 3.8) is 0 Å². The zero-order valence-corrected chi connectivity index (χ0v) is 20.9. The van der Waals surface area contributed by atoms with Crippen molar-refractivity contribution in [1.82, 2.24) is 4.98 Å². The molecule has 5 nitrogen and oxygen atoms in total. The zero-order chi connectivity index (χ0) is 23.7. The first-order chi connectivity index (χ1) is 16.0. The van der Waals surface area contributed by atoms with E-state index in [2.05, 4.69) is 11.9 Å². The molecule has 33 heavy (non-hydrogen) atoms. The van der Waals surface area contributed by atoms with Gasteiger partial charge in [-0.05, 0) is 36.6 Å². The van der Waals surface area contributed by atoms with Gasteiger partial charge < -0.3 is 4.74 Å². The van der Waals surface area contributed by atoms with Gasteiger partial charge >= 0.3 is 0 Å². The molecule has 0 bridgehead atoms.